The first-order chi connectivity index (χ1) is 13.1. The lowest BCUT2D eigenvalue weighted by molar-refractivity contribution is 0.0569. The molecule has 1 aromatic heterocycles. The average molecular weight is 369 g/mol. The van der Waals surface area contributed by atoms with Crippen molar-refractivity contribution in [2.24, 2.45) is 0 Å². The second-order valence-electron chi connectivity index (χ2n) is 6.96. The van der Waals surface area contributed by atoms with Gasteiger partial charge in [-0.2, -0.15) is 0 Å². The first-order valence-corrected chi connectivity index (χ1v) is 9.46. The van der Waals surface area contributed by atoms with E-state index < -0.39 is 0 Å². The predicted octanol–water partition coefficient (Wildman–Crippen LogP) is 1.86. The molecule has 7 nitrogen and oxygen atoms in total. The van der Waals surface area contributed by atoms with Crippen LogP contribution in [0.15, 0.2) is 29.2 Å². The summed E-state index contributed by atoms with van der Waals surface area (Å²) in [6.45, 7) is 4.53. The number of hydrogen-bond donors (Lipinski definition) is 0. The Morgan fingerprint density at radius 1 is 1.07 bits per heavy atom. The number of aryl methyl sites for hydroxylation is 2. The van der Waals surface area contributed by atoms with Crippen molar-refractivity contribution in [3.05, 3.63) is 45.7 Å². The summed E-state index contributed by atoms with van der Waals surface area (Å²) in [5.74, 6) is -0.259. The van der Waals surface area contributed by atoms with Crippen LogP contribution in [-0.2, 0) is 17.7 Å². The zero-order chi connectivity index (χ0) is 19.0. The Hall–Kier alpha value is -2.83. The quantitative estimate of drug-likeness (QED) is 0.810. The Labute approximate surface area is 157 Å². The molecule has 4 rings (SSSR count). The molecule has 0 atom stereocenters. The molecule has 27 heavy (non-hydrogen) atoms. The molecule has 0 saturated carbocycles. The lowest BCUT2D eigenvalue weighted by Gasteiger charge is -2.34. The molecule has 0 radical (unpaired) electrons. The highest BCUT2D eigenvalue weighted by Gasteiger charge is 2.28. The van der Waals surface area contributed by atoms with Crippen LogP contribution in [0, 0.1) is 0 Å². The maximum Gasteiger partial charge on any atom is 0.409 e. The molecule has 3 heterocycles. The van der Waals surface area contributed by atoms with E-state index in [0.717, 1.165) is 30.5 Å². The average Bonchev–Trinajstić information content (AvgIpc) is 2.70. The van der Waals surface area contributed by atoms with Gasteiger partial charge in [0.2, 0.25) is 5.43 Å². The van der Waals surface area contributed by atoms with Gasteiger partial charge in [-0.25, -0.2) is 4.79 Å². The molecule has 2 aliphatic heterocycles. The van der Waals surface area contributed by atoms with E-state index in [0.29, 0.717) is 38.2 Å². The Bertz CT molecular complexity index is 958. The number of ether oxygens (including phenoxy) is 1. The van der Waals surface area contributed by atoms with Gasteiger partial charge in [-0.15, -0.1) is 0 Å². The van der Waals surface area contributed by atoms with Crippen molar-refractivity contribution in [1.82, 2.24) is 14.4 Å². The molecular weight excluding hydrogens is 346 g/mol. The molecule has 1 aromatic carbocycles. The summed E-state index contributed by atoms with van der Waals surface area (Å²) in [4.78, 5) is 41.0. The van der Waals surface area contributed by atoms with Crippen LogP contribution < -0.4 is 5.43 Å². The van der Waals surface area contributed by atoms with E-state index in [4.69, 9.17) is 4.74 Å². The molecule has 2 amide bonds. The van der Waals surface area contributed by atoms with Crippen LogP contribution in [0.4, 0.5) is 4.79 Å². The highest BCUT2D eigenvalue weighted by atomic mass is 16.6. The first kappa shape index (κ1) is 17.6. The molecule has 0 spiro atoms. The van der Waals surface area contributed by atoms with E-state index in [1.807, 2.05) is 16.7 Å². The van der Waals surface area contributed by atoms with Crippen molar-refractivity contribution in [2.75, 3.05) is 32.8 Å². The normalized spacial score (nSPS) is 16.5. The second kappa shape index (κ2) is 7.06. The largest absolute Gasteiger partial charge is 0.450 e. The van der Waals surface area contributed by atoms with Crippen molar-refractivity contribution in [3.63, 3.8) is 0 Å². The molecular formula is C20H23N3O4. The van der Waals surface area contributed by atoms with Crippen LogP contribution in [-0.4, -0.2) is 59.2 Å². The fourth-order valence-corrected chi connectivity index (χ4v) is 3.99. The molecule has 0 N–H and O–H groups in total. The van der Waals surface area contributed by atoms with Crippen LogP contribution in [0.5, 0.6) is 0 Å². The van der Waals surface area contributed by atoms with Gasteiger partial charge in [0.1, 0.15) is 5.56 Å². The summed E-state index contributed by atoms with van der Waals surface area (Å²) in [6, 6.07) is 5.74. The van der Waals surface area contributed by atoms with E-state index in [2.05, 4.69) is 0 Å². The van der Waals surface area contributed by atoms with Crippen LogP contribution >= 0.6 is 0 Å². The number of hydrogen-bond acceptors (Lipinski definition) is 4. The summed E-state index contributed by atoms with van der Waals surface area (Å²) in [6.07, 6.45) is 3.32. The molecule has 0 aliphatic carbocycles. The first-order valence-electron chi connectivity index (χ1n) is 9.46. The van der Waals surface area contributed by atoms with Crippen molar-refractivity contribution >= 4 is 22.9 Å². The standard InChI is InChI=1S/C20H23N3O4/c1-2-27-20(26)22-11-9-21(10-12-22)19(25)16-13-23-8-4-6-14-5-3-7-15(17(14)23)18(16)24/h3,5,7,13H,2,4,6,8-12H2,1H3. The Balaban J connectivity index is 1.60. The smallest absolute Gasteiger partial charge is 0.409 e. The Morgan fingerprint density at radius 3 is 2.56 bits per heavy atom. The van der Waals surface area contributed by atoms with E-state index in [9.17, 15) is 14.4 Å². The second-order valence-corrected chi connectivity index (χ2v) is 6.96. The summed E-state index contributed by atoms with van der Waals surface area (Å²) in [5.41, 5.74) is 2.13. The molecule has 0 bridgehead atoms. The number of benzene rings is 1. The summed E-state index contributed by atoms with van der Waals surface area (Å²) in [7, 11) is 0. The summed E-state index contributed by atoms with van der Waals surface area (Å²) in [5, 5.41) is 0.614. The third-order valence-electron chi connectivity index (χ3n) is 5.35. The maximum atomic E-state index is 13.0. The van der Waals surface area contributed by atoms with Gasteiger partial charge in [0.15, 0.2) is 0 Å². The maximum absolute atomic E-state index is 13.0. The fraction of sp³-hybridized carbons (Fsp3) is 0.450. The number of aromatic nitrogens is 1. The number of carbonyl (C=O) groups excluding carboxylic acids is 2. The fourth-order valence-electron chi connectivity index (χ4n) is 3.99. The van der Waals surface area contributed by atoms with Crippen molar-refractivity contribution in [1.29, 1.82) is 0 Å². The lowest BCUT2D eigenvalue weighted by atomic mass is 9.99. The molecule has 7 heteroatoms. The van der Waals surface area contributed by atoms with Gasteiger partial charge in [0.25, 0.3) is 5.91 Å². The minimum atomic E-state index is -0.354. The van der Waals surface area contributed by atoms with Gasteiger partial charge in [0.05, 0.1) is 12.1 Å². The number of amides is 2. The molecule has 0 unspecified atom stereocenters. The van der Waals surface area contributed by atoms with Gasteiger partial charge in [-0.1, -0.05) is 12.1 Å². The highest BCUT2D eigenvalue weighted by Crippen LogP contribution is 2.24. The zero-order valence-corrected chi connectivity index (χ0v) is 15.4. The molecule has 1 fully saturated rings. The minimum Gasteiger partial charge on any atom is -0.450 e. The van der Waals surface area contributed by atoms with Crippen molar-refractivity contribution < 1.29 is 14.3 Å². The van der Waals surface area contributed by atoms with E-state index >= 15 is 0 Å². The number of nitrogens with zero attached hydrogens (tertiary/aromatic N) is 3. The minimum absolute atomic E-state index is 0.206. The number of para-hydroxylation sites is 1. The van der Waals surface area contributed by atoms with Crippen LogP contribution in [0.1, 0.15) is 29.3 Å². The lowest BCUT2D eigenvalue weighted by Crippen LogP contribution is -2.51. The molecule has 1 saturated heterocycles. The highest BCUT2D eigenvalue weighted by molar-refractivity contribution is 5.98. The predicted molar refractivity (Wildman–Crippen MR) is 101 cm³/mol. The van der Waals surface area contributed by atoms with Crippen LogP contribution in [0.2, 0.25) is 0 Å². The number of carbonyl (C=O) groups is 2. The molecule has 2 aliphatic rings. The Morgan fingerprint density at radius 2 is 1.81 bits per heavy atom. The van der Waals surface area contributed by atoms with Gasteiger partial charge >= 0.3 is 6.09 Å². The van der Waals surface area contributed by atoms with E-state index in [-0.39, 0.29) is 23.0 Å². The number of piperazine rings is 1. The van der Waals surface area contributed by atoms with Crippen LogP contribution in [0.25, 0.3) is 10.9 Å². The third kappa shape index (κ3) is 3.07. The van der Waals surface area contributed by atoms with Gasteiger partial charge < -0.3 is 19.1 Å². The Kier molecular flexibility index (Phi) is 4.59. The molecule has 2 aromatic rings. The van der Waals surface area contributed by atoms with Crippen molar-refractivity contribution in [3.8, 4) is 0 Å². The number of rotatable bonds is 2. The van der Waals surface area contributed by atoms with Gasteiger partial charge in [0, 0.05) is 44.3 Å². The van der Waals surface area contributed by atoms with E-state index in [1.165, 1.54) is 0 Å². The summed E-state index contributed by atoms with van der Waals surface area (Å²) >= 11 is 0. The monoisotopic (exact) mass is 369 g/mol. The summed E-state index contributed by atoms with van der Waals surface area (Å²) < 4.78 is 7.05. The van der Waals surface area contributed by atoms with E-state index in [1.54, 1.807) is 29.0 Å². The topological polar surface area (TPSA) is 71.8 Å². The van der Waals surface area contributed by atoms with Gasteiger partial charge in [-0.05, 0) is 31.4 Å². The zero-order valence-electron chi connectivity index (χ0n) is 15.4. The number of pyridine rings is 1. The van der Waals surface area contributed by atoms with Crippen LogP contribution in [0.3, 0.4) is 0 Å². The van der Waals surface area contributed by atoms with Crippen molar-refractivity contribution in [2.45, 2.75) is 26.3 Å². The SMILES string of the molecule is CCOC(=O)N1CCN(C(=O)c2cn3c4c(cccc4c2=O)CCC3)CC1. The van der Waals surface area contributed by atoms with Gasteiger partial charge in [-0.3, -0.25) is 9.59 Å². The molecule has 142 valence electrons. The third-order valence-corrected chi connectivity index (χ3v) is 5.35.